The van der Waals surface area contributed by atoms with Gasteiger partial charge in [0.2, 0.25) is 17.7 Å². The number of hydrogen-bond acceptors (Lipinski definition) is 4. The quantitative estimate of drug-likeness (QED) is 0.228. The minimum Gasteiger partial charge on any atom is -0.465 e. The van der Waals surface area contributed by atoms with E-state index in [2.05, 4.69) is 17.6 Å². The van der Waals surface area contributed by atoms with Crippen LogP contribution >= 0.6 is 0 Å². The number of rotatable bonds is 19. The van der Waals surface area contributed by atoms with Gasteiger partial charge in [0.05, 0.1) is 6.42 Å². The fourth-order valence-corrected chi connectivity index (χ4v) is 3.19. The molecule has 180 valence electrons. The Kier molecular flexibility index (Phi) is 17.1. The van der Waals surface area contributed by atoms with Crippen molar-refractivity contribution >= 4 is 23.8 Å². The van der Waals surface area contributed by atoms with Crippen molar-refractivity contribution in [2.24, 2.45) is 5.73 Å². The molecule has 0 bridgehead atoms. The molecule has 4 amide bonds. The summed E-state index contributed by atoms with van der Waals surface area (Å²) in [5.74, 6) is -1.54. The van der Waals surface area contributed by atoms with Gasteiger partial charge in [0.25, 0.3) is 0 Å². The van der Waals surface area contributed by atoms with Gasteiger partial charge in [-0.3, -0.25) is 14.4 Å². The van der Waals surface area contributed by atoms with Crippen LogP contribution in [0.25, 0.3) is 0 Å². The Balaban J connectivity index is 4.02. The number of carboxylic acid groups (broad SMARTS) is 1. The van der Waals surface area contributed by atoms with Crippen molar-refractivity contribution in [1.82, 2.24) is 15.5 Å². The fraction of sp³-hybridized carbons (Fsp3) is 0.818. The van der Waals surface area contributed by atoms with Gasteiger partial charge in [-0.15, -0.1) is 0 Å². The van der Waals surface area contributed by atoms with Gasteiger partial charge in [-0.1, -0.05) is 71.1 Å². The van der Waals surface area contributed by atoms with Crippen LogP contribution in [0.1, 0.15) is 90.4 Å². The van der Waals surface area contributed by atoms with Crippen LogP contribution in [0.4, 0.5) is 4.79 Å². The summed E-state index contributed by atoms with van der Waals surface area (Å²) in [6.07, 6.45) is 11.9. The van der Waals surface area contributed by atoms with Crippen LogP contribution in [0, 0.1) is 0 Å². The van der Waals surface area contributed by atoms with Crippen LogP contribution < -0.4 is 16.4 Å². The summed E-state index contributed by atoms with van der Waals surface area (Å²) in [5, 5.41) is 13.9. The molecule has 9 heteroatoms. The van der Waals surface area contributed by atoms with Crippen LogP contribution in [0.3, 0.4) is 0 Å². The Morgan fingerprint density at radius 1 is 0.903 bits per heavy atom. The summed E-state index contributed by atoms with van der Waals surface area (Å²) >= 11 is 0. The maximum Gasteiger partial charge on any atom is 0.407 e. The Morgan fingerprint density at radius 2 is 1.42 bits per heavy atom. The minimum atomic E-state index is -1.11. The lowest BCUT2D eigenvalue weighted by atomic mass is 10.1. The number of nitrogens with zero attached hydrogens (tertiary/aromatic N) is 1. The molecule has 5 N–H and O–H groups in total. The van der Waals surface area contributed by atoms with Gasteiger partial charge in [-0.25, -0.2) is 4.79 Å². The van der Waals surface area contributed by atoms with Crippen LogP contribution in [0.15, 0.2) is 0 Å². The van der Waals surface area contributed by atoms with Crippen molar-refractivity contribution in [3.63, 3.8) is 0 Å². The molecule has 0 aromatic heterocycles. The third-order valence-corrected chi connectivity index (χ3v) is 5.14. The summed E-state index contributed by atoms with van der Waals surface area (Å²) in [6.45, 7) is 2.39. The Labute approximate surface area is 186 Å². The first-order valence-corrected chi connectivity index (χ1v) is 11.6. The zero-order chi connectivity index (χ0) is 23.5. The van der Waals surface area contributed by atoms with E-state index < -0.39 is 23.9 Å². The molecule has 0 aliphatic heterocycles. The first-order chi connectivity index (χ1) is 14.8. The van der Waals surface area contributed by atoms with Gasteiger partial charge in [-0.05, 0) is 6.42 Å². The molecule has 31 heavy (non-hydrogen) atoms. The lowest BCUT2D eigenvalue weighted by Gasteiger charge is -2.18. The Morgan fingerprint density at radius 3 is 1.90 bits per heavy atom. The van der Waals surface area contributed by atoms with Gasteiger partial charge < -0.3 is 26.4 Å². The van der Waals surface area contributed by atoms with Crippen molar-refractivity contribution in [1.29, 1.82) is 0 Å². The molecule has 0 radical (unpaired) electrons. The molecule has 0 aromatic rings. The minimum absolute atomic E-state index is 0.0748. The highest BCUT2D eigenvalue weighted by Crippen LogP contribution is 2.12. The van der Waals surface area contributed by atoms with E-state index in [1.807, 2.05) is 0 Å². The van der Waals surface area contributed by atoms with E-state index >= 15 is 0 Å². The summed E-state index contributed by atoms with van der Waals surface area (Å²) in [4.78, 5) is 47.4. The molecule has 0 saturated carbocycles. The summed E-state index contributed by atoms with van der Waals surface area (Å²) in [6, 6.07) is -1.05. The Hall–Kier alpha value is -2.32. The molecule has 0 aliphatic rings. The molecule has 0 saturated heterocycles. The third-order valence-electron chi connectivity index (χ3n) is 5.14. The van der Waals surface area contributed by atoms with E-state index in [9.17, 15) is 19.2 Å². The van der Waals surface area contributed by atoms with E-state index in [-0.39, 0.29) is 25.4 Å². The van der Waals surface area contributed by atoms with Crippen molar-refractivity contribution in [2.75, 3.05) is 20.1 Å². The summed E-state index contributed by atoms with van der Waals surface area (Å²) in [5.41, 5.74) is 5.18. The van der Waals surface area contributed by atoms with E-state index in [1.165, 1.54) is 58.4 Å². The van der Waals surface area contributed by atoms with Crippen LogP contribution in [0.2, 0.25) is 0 Å². The number of primary amides is 1. The standard InChI is InChI=1S/C22H42N4O5/c1-3-4-5-6-7-8-9-10-11-12-13-14-20(28)25-18(17-19(23)27)21(29)24-15-16-26(2)22(30)31/h18H,3-17H2,1-2H3,(H2,23,27)(H,24,29)(H,25,28)(H,30,31). The molecule has 0 aliphatic carbocycles. The molecule has 0 spiro atoms. The predicted octanol–water partition coefficient (Wildman–Crippen LogP) is 2.77. The number of carbonyl (C=O) groups is 4. The largest absolute Gasteiger partial charge is 0.465 e. The maximum atomic E-state index is 12.2. The van der Waals surface area contributed by atoms with Crippen LogP contribution in [-0.2, 0) is 14.4 Å². The van der Waals surface area contributed by atoms with Gasteiger partial charge in [0, 0.05) is 26.6 Å². The van der Waals surface area contributed by atoms with E-state index in [0.29, 0.717) is 6.42 Å². The van der Waals surface area contributed by atoms with E-state index in [4.69, 9.17) is 10.8 Å². The smallest absolute Gasteiger partial charge is 0.407 e. The first-order valence-electron chi connectivity index (χ1n) is 11.6. The van der Waals surface area contributed by atoms with Gasteiger partial charge >= 0.3 is 6.09 Å². The van der Waals surface area contributed by atoms with Crippen LogP contribution in [-0.4, -0.2) is 60.0 Å². The lowest BCUT2D eigenvalue weighted by Crippen LogP contribution is -2.49. The number of nitrogens with two attached hydrogens (primary N) is 1. The lowest BCUT2D eigenvalue weighted by molar-refractivity contribution is -0.131. The van der Waals surface area contributed by atoms with Gasteiger partial charge in [0.1, 0.15) is 6.04 Å². The maximum absolute atomic E-state index is 12.2. The average Bonchev–Trinajstić information content (AvgIpc) is 2.70. The van der Waals surface area contributed by atoms with Crippen molar-refractivity contribution in [3.8, 4) is 0 Å². The van der Waals surface area contributed by atoms with Crippen molar-refractivity contribution < 1.29 is 24.3 Å². The summed E-state index contributed by atoms with van der Waals surface area (Å²) < 4.78 is 0. The molecule has 1 unspecified atom stereocenters. The molecule has 0 heterocycles. The molecular formula is C22H42N4O5. The zero-order valence-corrected chi connectivity index (χ0v) is 19.3. The fourth-order valence-electron chi connectivity index (χ4n) is 3.19. The molecule has 0 rings (SSSR count). The van der Waals surface area contributed by atoms with Gasteiger partial charge in [0.15, 0.2) is 0 Å². The second-order valence-electron chi connectivity index (χ2n) is 8.07. The first kappa shape index (κ1) is 28.7. The molecule has 1 atom stereocenters. The highest BCUT2D eigenvalue weighted by molar-refractivity contribution is 5.91. The van der Waals surface area contributed by atoms with Crippen molar-refractivity contribution in [3.05, 3.63) is 0 Å². The third kappa shape index (κ3) is 17.1. The highest BCUT2D eigenvalue weighted by atomic mass is 16.4. The topological polar surface area (TPSA) is 142 Å². The molecule has 0 fully saturated rings. The molecule has 9 nitrogen and oxygen atoms in total. The number of carbonyl (C=O) groups excluding carboxylic acids is 3. The monoisotopic (exact) mass is 442 g/mol. The van der Waals surface area contributed by atoms with Gasteiger partial charge in [-0.2, -0.15) is 0 Å². The number of likely N-dealkylation sites (N-methyl/N-ethyl adjacent to an activating group) is 1. The number of hydrogen-bond donors (Lipinski definition) is 4. The number of unbranched alkanes of at least 4 members (excludes halogenated alkanes) is 10. The number of nitrogens with one attached hydrogen (secondary N) is 2. The van der Waals surface area contributed by atoms with E-state index in [0.717, 1.165) is 24.2 Å². The second kappa shape index (κ2) is 18.4. The second-order valence-corrected chi connectivity index (χ2v) is 8.07. The number of amides is 4. The molecule has 0 aromatic carbocycles. The van der Waals surface area contributed by atoms with Crippen molar-refractivity contribution in [2.45, 2.75) is 96.4 Å². The highest BCUT2D eigenvalue weighted by Gasteiger charge is 2.22. The normalized spacial score (nSPS) is 11.5. The van der Waals surface area contributed by atoms with Crippen LogP contribution in [0.5, 0.6) is 0 Å². The SMILES string of the molecule is CCCCCCCCCCCCCC(=O)NC(CC(N)=O)C(=O)NCCN(C)C(=O)O. The summed E-state index contributed by atoms with van der Waals surface area (Å²) in [7, 11) is 1.38. The molecular weight excluding hydrogens is 400 g/mol. The predicted molar refractivity (Wildman–Crippen MR) is 120 cm³/mol. The Bertz CT molecular complexity index is 542. The van der Waals surface area contributed by atoms with E-state index in [1.54, 1.807) is 0 Å². The zero-order valence-electron chi connectivity index (χ0n) is 19.3. The average molecular weight is 443 g/mol.